The Morgan fingerprint density at radius 3 is 2.36 bits per heavy atom. The quantitative estimate of drug-likeness (QED) is 0.444. The molecule has 0 spiro atoms. The minimum absolute atomic E-state index is 0.129. The summed E-state index contributed by atoms with van der Waals surface area (Å²) in [7, 11) is 0. The molecule has 0 atom stereocenters. The lowest BCUT2D eigenvalue weighted by Gasteiger charge is -2.13. The maximum absolute atomic E-state index is 13.3. The molecule has 3 nitrogen and oxygen atoms in total. The molecule has 0 aliphatic rings. The number of hydrogen-bond donors (Lipinski definition) is 1. The van der Waals surface area contributed by atoms with E-state index in [1.807, 2.05) is 30.3 Å². The van der Waals surface area contributed by atoms with Crippen LogP contribution in [0.1, 0.15) is 30.9 Å². The fourth-order valence-electron chi connectivity index (χ4n) is 2.56. The molecule has 0 amide bonds. The molecule has 1 N–H and O–H groups in total. The average molecular weight is 403 g/mol. The summed E-state index contributed by atoms with van der Waals surface area (Å²) in [5.74, 6) is 0.132. The fourth-order valence-corrected chi connectivity index (χ4v) is 3.49. The number of rotatable bonds is 7. The minimum atomic E-state index is -4.52. The van der Waals surface area contributed by atoms with E-state index in [1.165, 1.54) is 5.56 Å². The van der Waals surface area contributed by atoms with Crippen molar-refractivity contribution < 1.29 is 13.2 Å². The van der Waals surface area contributed by atoms with E-state index in [1.54, 1.807) is 24.3 Å². The molecule has 0 saturated carbocycles. The molecular weight excluding hydrogens is 383 g/mol. The highest BCUT2D eigenvalue weighted by Gasteiger charge is 2.35. The number of aryl methyl sites for hydroxylation is 1. The zero-order valence-electron chi connectivity index (χ0n) is 15.3. The highest BCUT2D eigenvalue weighted by molar-refractivity contribution is 7.99. The second-order valence-electron chi connectivity index (χ2n) is 6.25. The van der Waals surface area contributed by atoms with Gasteiger partial charge in [-0.25, -0.2) is 9.97 Å². The molecule has 0 bridgehead atoms. The number of hydrogen-bond acceptors (Lipinski definition) is 4. The van der Waals surface area contributed by atoms with Crippen molar-refractivity contribution in [2.45, 2.75) is 42.3 Å². The van der Waals surface area contributed by atoms with Crippen LogP contribution in [0.4, 0.5) is 24.8 Å². The number of alkyl halides is 3. The predicted octanol–water partition coefficient (Wildman–Crippen LogP) is 6.73. The second kappa shape index (κ2) is 9.10. The van der Waals surface area contributed by atoms with Crippen LogP contribution >= 0.6 is 11.8 Å². The van der Waals surface area contributed by atoms with Gasteiger partial charge < -0.3 is 5.32 Å². The molecule has 1 heterocycles. The van der Waals surface area contributed by atoms with Crippen molar-refractivity contribution in [2.24, 2.45) is 0 Å². The van der Waals surface area contributed by atoms with Gasteiger partial charge in [-0.1, -0.05) is 55.4 Å². The van der Waals surface area contributed by atoms with Crippen molar-refractivity contribution in [1.82, 2.24) is 9.97 Å². The highest BCUT2D eigenvalue weighted by Crippen LogP contribution is 2.38. The van der Waals surface area contributed by atoms with E-state index in [2.05, 4.69) is 22.2 Å². The van der Waals surface area contributed by atoms with Gasteiger partial charge in [-0.15, -0.1) is 0 Å². The van der Waals surface area contributed by atoms with Crippen molar-refractivity contribution in [2.75, 3.05) is 5.32 Å². The summed E-state index contributed by atoms with van der Waals surface area (Å²) in [6, 6.07) is 16.6. The summed E-state index contributed by atoms with van der Waals surface area (Å²) in [5.41, 5.74) is 1.11. The van der Waals surface area contributed by atoms with Gasteiger partial charge in [-0.2, -0.15) is 13.2 Å². The molecule has 0 saturated heterocycles. The van der Waals surface area contributed by atoms with Crippen LogP contribution in [0, 0.1) is 0 Å². The largest absolute Gasteiger partial charge is 0.420 e. The first kappa shape index (κ1) is 20.2. The third-order valence-corrected chi connectivity index (χ3v) is 5.06. The Morgan fingerprint density at radius 2 is 1.71 bits per heavy atom. The van der Waals surface area contributed by atoms with Crippen LogP contribution in [0.3, 0.4) is 0 Å². The Kier molecular flexibility index (Phi) is 6.57. The fraction of sp³-hybridized carbons (Fsp3) is 0.238. The Labute approximate surface area is 166 Å². The number of nitrogens with one attached hydrogen (secondary N) is 1. The molecule has 2 aromatic carbocycles. The molecule has 0 fully saturated rings. The first-order valence-corrected chi connectivity index (χ1v) is 9.80. The maximum atomic E-state index is 13.3. The van der Waals surface area contributed by atoms with E-state index in [-0.39, 0.29) is 11.0 Å². The van der Waals surface area contributed by atoms with Crippen molar-refractivity contribution in [3.8, 4) is 0 Å². The molecule has 28 heavy (non-hydrogen) atoms. The monoisotopic (exact) mass is 403 g/mol. The molecule has 7 heteroatoms. The van der Waals surface area contributed by atoms with E-state index in [4.69, 9.17) is 0 Å². The maximum Gasteiger partial charge on any atom is 0.420 e. The van der Waals surface area contributed by atoms with Crippen LogP contribution in [0.5, 0.6) is 0 Å². The number of aromatic nitrogens is 2. The summed E-state index contributed by atoms with van der Waals surface area (Å²) in [6.07, 6.45) is -0.436. The van der Waals surface area contributed by atoms with Crippen molar-refractivity contribution in [3.05, 3.63) is 71.9 Å². The predicted molar refractivity (Wildman–Crippen MR) is 106 cm³/mol. The molecule has 0 aliphatic carbocycles. The van der Waals surface area contributed by atoms with Crippen LogP contribution < -0.4 is 5.32 Å². The Bertz CT molecular complexity index is 897. The van der Waals surface area contributed by atoms with Gasteiger partial charge in [-0.05, 0) is 42.7 Å². The van der Waals surface area contributed by atoms with Gasteiger partial charge >= 0.3 is 6.18 Å². The molecule has 146 valence electrons. The Morgan fingerprint density at radius 1 is 1.00 bits per heavy atom. The lowest BCUT2D eigenvalue weighted by Crippen LogP contribution is -2.10. The SMILES string of the molecule is CCCCc1ccc(Nc2ncc(C(F)(F)F)c(Sc3ccccc3)n2)cc1. The van der Waals surface area contributed by atoms with Gasteiger partial charge in [0, 0.05) is 16.8 Å². The molecule has 0 radical (unpaired) electrons. The van der Waals surface area contributed by atoms with E-state index >= 15 is 0 Å². The van der Waals surface area contributed by atoms with Crippen molar-refractivity contribution >= 4 is 23.4 Å². The van der Waals surface area contributed by atoms with Crippen molar-refractivity contribution in [1.29, 1.82) is 0 Å². The van der Waals surface area contributed by atoms with Crippen molar-refractivity contribution in [3.63, 3.8) is 0 Å². The van der Waals surface area contributed by atoms with Gasteiger partial charge in [-0.3, -0.25) is 0 Å². The zero-order valence-corrected chi connectivity index (χ0v) is 16.1. The number of anilines is 2. The van der Waals surface area contributed by atoms with E-state index in [0.29, 0.717) is 4.90 Å². The van der Waals surface area contributed by atoms with Crippen LogP contribution in [-0.4, -0.2) is 9.97 Å². The Balaban J connectivity index is 1.83. The lowest BCUT2D eigenvalue weighted by atomic mass is 10.1. The van der Waals surface area contributed by atoms with Gasteiger partial charge in [0.05, 0.1) is 0 Å². The molecule has 3 aromatic rings. The number of benzene rings is 2. The number of unbranched alkanes of at least 4 members (excludes halogenated alkanes) is 1. The van der Waals surface area contributed by atoms with Gasteiger partial charge in [0.1, 0.15) is 10.6 Å². The average Bonchev–Trinajstić information content (AvgIpc) is 2.67. The Hall–Kier alpha value is -2.54. The molecule has 0 unspecified atom stereocenters. The summed E-state index contributed by atoms with van der Waals surface area (Å²) < 4.78 is 40.0. The van der Waals surface area contributed by atoms with Gasteiger partial charge in [0.15, 0.2) is 0 Å². The third-order valence-electron chi connectivity index (χ3n) is 4.05. The second-order valence-corrected chi connectivity index (χ2v) is 7.31. The number of nitrogens with zero attached hydrogens (tertiary/aromatic N) is 2. The smallest absolute Gasteiger partial charge is 0.324 e. The van der Waals surface area contributed by atoms with E-state index in [0.717, 1.165) is 42.9 Å². The normalized spacial score (nSPS) is 11.4. The highest BCUT2D eigenvalue weighted by atomic mass is 32.2. The zero-order chi connectivity index (χ0) is 20.0. The van der Waals surface area contributed by atoms with Crippen LogP contribution in [0.25, 0.3) is 0 Å². The first-order chi connectivity index (χ1) is 13.5. The summed E-state index contributed by atoms with van der Waals surface area (Å²) in [4.78, 5) is 8.66. The van der Waals surface area contributed by atoms with Gasteiger partial charge in [0.25, 0.3) is 0 Å². The standard InChI is InChI=1S/C21H20F3N3S/c1-2-3-7-15-10-12-16(13-11-15)26-20-25-14-18(21(22,23)24)19(27-20)28-17-8-5-4-6-9-17/h4-6,8-14H,2-3,7H2,1H3,(H,25,26,27). The summed E-state index contributed by atoms with van der Waals surface area (Å²) >= 11 is 0.966. The van der Waals surface area contributed by atoms with Crippen LogP contribution in [-0.2, 0) is 12.6 Å². The van der Waals surface area contributed by atoms with Gasteiger partial charge in [0.2, 0.25) is 5.95 Å². The van der Waals surface area contributed by atoms with E-state index in [9.17, 15) is 13.2 Å². The lowest BCUT2D eigenvalue weighted by molar-refractivity contribution is -0.140. The third kappa shape index (κ3) is 5.48. The minimum Gasteiger partial charge on any atom is -0.324 e. The topological polar surface area (TPSA) is 37.8 Å². The van der Waals surface area contributed by atoms with Crippen LogP contribution in [0.2, 0.25) is 0 Å². The number of halogens is 3. The molecular formula is C21H20F3N3S. The summed E-state index contributed by atoms with van der Waals surface area (Å²) in [5, 5.41) is 2.86. The van der Waals surface area contributed by atoms with E-state index < -0.39 is 11.7 Å². The first-order valence-electron chi connectivity index (χ1n) is 8.99. The molecule has 3 rings (SSSR count). The van der Waals surface area contributed by atoms with Crippen LogP contribution in [0.15, 0.2) is 70.7 Å². The molecule has 0 aliphatic heterocycles. The summed E-state index contributed by atoms with van der Waals surface area (Å²) in [6.45, 7) is 2.14. The molecule has 1 aromatic heterocycles.